The van der Waals surface area contributed by atoms with Gasteiger partial charge in [0.2, 0.25) is 0 Å². The summed E-state index contributed by atoms with van der Waals surface area (Å²) in [7, 11) is 0. The largest absolute Gasteiger partial charge is 0.494 e. The van der Waals surface area contributed by atoms with E-state index in [1.807, 2.05) is 36.4 Å². The fraction of sp³-hybridized carbons (Fsp3) is 0.281. The number of fused-ring (bicyclic) bond motifs is 1. The minimum atomic E-state index is -0.0699. The maximum atomic E-state index is 12.8. The Kier molecular flexibility index (Phi) is 7.22. The molecule has 1 atom stereocenters. The number of rotatable bonds is 8. The summed E-state index contributed by atoms with van der Waals surface area (Å²) in [6.45, 7) is 5.62. The van der Waals surface area contributed by atoms with Crippen molar-refractivity contribution >= 4 is 5.91 Å². The van der Waals surface area contributed by atoms with Crippen LogP contribution in [0.5, 0.6) is 5.75 Å². The summed E-state index contributed by atoms with van der Waals surface area (Å²) in [5.41, 5.74) is 8.09. The molecule has 1 aliphatic carbocycles. The Morgan fingerprint density at radius 1 is 1.00 bits per heavy atom. The molecule has 4 heteroatoms. The van der Waals surface area contributed by atoms with Crippen LogP contribution in [0.25, 0.3) is 16.9 Å². The third kappa shape index (κ3) is 5.23. The molecule has 0 saturated heterocycles. The van der Waals surface area contributed by atoms with E-state index in [9.17, 15) is 4.79 Å². The highest BCUT2D eigenvalue weighted by molar-refractivity contribution is 5.94. The molecular weight excluding hydrogens is 444 g/mol. The number of benzene rings is 3. The van der Waals surface area contributed by atoms with Crippen molar-refractivity contribution in [1.29, 1.82) is 0 Å². The molecule has 0 fully saturated rings. The van der Waals surface area contributed by atoms with E-state index in [2.05, 4.69) is 72.3 Å². The number of carbonyl (C=O) groups excluding carboxylic acids is 1. The van der Waals surface area contributed by atoms with Crippen molar-refractivity contribution in [3.63, 3.8) is 0 Å². The van der Waals surface area contributed by atoms with Gasteiger partial charge in [-0.15, -0.1) is 0 Å². The van der Waals surface area contributed by atoms with Crippen LogP contribution in [0, 0.1) is 5.92 Å². The average Bonchev–Trinajstić information content (AvgIpc) is 3.30. The molecule has 0 spiro atoms. The van der Waals surface area contributed by atoms with Crippen molar-refractivity contribution < 1.29 is 9.53 Å². The van der Waals surface area contributed by atoms with Crippen LogP contribution in [0.3, 0.4) is 0 Å². The molecule has 0 unspecified atom stereocenters. The smallest absolute Gasteiger partial charge is 0.251 e. The van der Waals surface area contributed by atoms with Crippen LogP contribution in [0.15, 0.2) is 84.9 Å². The fourth-order valence-electron chi connectivity index (χ4n) is 5.00. The van der Waals surface area contributed by atoms with Crippen LogP contribution in [-0.4, -0.2) is 17.1 Å². The van der Waals surface area contributed by atoms with Crippen molar-refractivity contribution in [2.24, 2.45) is 5.92 Å². The van der Waals surface area contributed by atoms with Crippen LogP contribution in [-0.2, 0) is 19.4 Å². The zero-order valence-corrected chi connectivity index (χ0v) is 21.2. The maximum Gasteiger partial charge on any atom is 0.251 e. The predicted molar refractivity (Wildman–Crippen MR) is 146 cm³/mol. The minimum Gasteiger partial charge on any atom is -0.494 e. The summed E-state index contributed by atoms with van der Waals surface area (Å²) >= 11 is 0. The van der Waals surface area contributed by atoms with Crippen LogP contribution < -0.4 is 10.1 Å². The SMILES string of the molecule is CCCOc1ccc(CNC(=O)c2ccc(-n3c(-c4ccccc4)cc4c3CC[C@@H](C)C4)cc2)cc1. The van der Waals surface area contributed by atoms with Crippen LogP contribution in [0.2, 0.25) is 0 Å². The number of aromatic nitrogens is 1. The summed E-state index contributed by atoms with van der Waals surface area (Å²) < 4.78 is 8.02. The van der Waals surface area contributed by atoms with Gasteiger partial charge in [0.15, 0.2) is 0 Å². The summed E-state index contributed by atoms with van der Waals surface area (Å²) in [6, 6.07) is 28.8. The molecule has 1 aliphatic rings. The molecule has 0 radical (unpaired) electrons. The third-order valence-electron chi connectivity index (χ3n) is 6.94. The molecule has 4 aromatic rings. The lowest BCUT2D eigenvalue weighted by atomic mass is 9.89. The summed E-state index contributed by atoms with van der Waals surface area (Å²) in [6.07, 6.45) is 4.38. The molecule has 184 valence electrons. The van der Waals surface area contributed by atoms with Gasteiger partial charge < -0.3 is 14.6 Å². The lowest BCUT2D eigenvalue weighted by Crippen LogP contribution is -2.22. The first-order chi connectivity index (χ1) is 17.6. The molecule has 1 heterocycles. The number of carbonyl (C=O) groups is 1. The minimum absolute atomic E-state index is 0.0699. The molecule has 36 heavy (non-hydrogen) atoms. The van der Waals surface area contributed by atoms with Crippen LogP contribution >= 0.6 is 0 Å². The van der Waals surface area contributed by atoms with Crippen molar-refractivity contribution in [3.05, 3.63) is 107 Å². The predicted octanol–water partition coefficient (Wildman–Crippen LogP) is 6.99. The number of hydrogen-bond donors (Lipinski definition) is 1. The van der Waals surface area contributed by atoms with Crippen molar-refractivity contribution in [1.82, 2.24) is 9.88 Å². The van der Waals surface area contributed by atoms with Crippen molar-refractivity contribution in [2.45, 2.75) is 46.1 Å². The molecule has 4 nitrogen and oxygen atoms in total. The lowest BCUT2D eigenvalue weighted by Gasteiger charge is -2.21. The van der Waals surface area contributed by atoms with E-state index in [1.165, 1.54) is 28.9 Å². The quantitative estimate of drug-likeness (QED) is 0.297. The Morgan fingerprint density at radius 2 is 1.75 bits per heavy atom. The summed E-state index contributed by atoms with van der Waals surface area (Å²) in [5.74, 6) is 1.50. The highest BCUT2D eigenvalue weighted by Gasteiger charge is 2.23. The van der Waals surface area contributed by atoms with Crippen LogP contribution in [0.4, 0.5) is 0 Å². The second kappa shape index (κ2) is 10.9. The first-order valence-corrected chi connectivity index (χ1v) is 13.0. The van der Waals surface area contributed by atoms with Gasteiger partial charge in [-0.1, -0.05) is 56.3 Å². The van der Waals surface area contributed by atoms with Crippen molar-refractivity contribution in [3.8, 4) is 22.7 Å². The normalized spacial score (nSPS) is 14.8. The van der Waals surface area contributed by atoms with Gasteiger partial charge in [-0.25, -0.2) is 0 Å². The molecule has 0 saturated carbocycles. The molecule has 1 amide bonds. The average molecular weight is 479 g/mol. The number of ether oxygens (including phenoxy) is 1. The molecule has 0 aliphatic heterocycles. The topological polar surface area (TPSA) is 43.3 Å². The molecule has 3 aromatic carbocycles. The van der Waals surface area contributed by atoms with E-state index in [0.717, 1.165) is 36.3 Å². The third-order valence-corrected chi connectivity index (χ3v) is 6.94. The number of amides is 1. The van der Waals surface area contributed by atoms with E-state index in [1.54, 1.807) is 0 Å². The zero-order chi connectivity index (χ0) is 24.9. The standard InChI is InChI=1S/C32H34N2O2/c1-3-19-36-29-16-10-24(11-17-29)22-33-32(35)26-12-14-28(15-13-26)34-30-18-9-23(2)20-27(30)21-31(34)25-7-5-4-6-8-25/h4-8,10-17,21,23H,3,9,18-20,22H2,1-2H3,(H,33,35)/t23-/m1/s1. The number of nitrogens with one attached hydrogen (secondary N) is 1. The fourth-order valence-corrected chi connectivity index (χ4v) is 5.00. The Labute approximate surface area is 213 Å². The molecule has 1 aromatic heterocycles. The van der Waals surface area contributed by atoms with Crippen molar-refractivity contribution in [2.75, 3.05) is 6.61 Å². The zero-order valence-electron chi connectivity index (χ0n) is 21.2. The molecule has 0 bridgehead atoms. The van der Waals surface area contributed by atoms with E-state index in [0.29, 0.717) is 24.6 Å². The second-order valence-electron chi connectivity index (χ2n) is 9.77. The Morgan fingerprint density at radius 3 is 2.47 bits per heavy atom. The van der Waals surface area contributed by atoms with Crippen LogP contribution in [0.1, 0.15) is 53.9 Å². The highest BCUT2D eigenvalue weighted by atomic mass is 16.5. The van der Waals surface area contributed by atoms with Gasteiger partial charge in [-0.05, 0) is 90.8 Å². The van der Waals surface area contributed by atoms with Gasteiger partial charge in [-0.3, -0.25) is 4.79 Å². The lowest BCUT2D eigenvalue weighted by molar-refractivity contribution is 0.0951. The van der Waals surface area contributed by atoms with Gasteiger partial charge in [0.25, 0.3) is 5.91 Å². The Balaban J connectivity index is 1.33. The Bertz CT molecular complexity index is 1310. The second-order valence-corrected chi connectivity index (χ2v) is 9.77. The van der Waals surface area contributed by atoms with Gasteiger partial charge in [0.05, 0.1) is 12.3 Å². The van der Waals surface area contributed by atoms with E-state index >= 15 is 0 Å². The molecule has 1 N–H and O–H groups in total. The first-order valence-electron chi connectivity index (χ1n) is 13.0. The summed E-state index contributed by atoms with van der Waals surface area (Å²) in [4.78, 5) is 12.8. The number of nitrogens with zero attached hydrogens (tertiary/aromatic N) is 1. The van der Waals surface area contributed by atoms with Gasteiger partial charge in [-0.2, -0.15) is 0 Å². The monoisotopic (exact) mass is 478 g/mol. The summed E-state index contributed by atoms with van der Waals surface area (Å²) in [5, 5.41) is 3.04. The highest BCUT2D eigenvalue weighted by Crippen LogP contribution is 2.35. The van der Waals surface area contributed by atoms with E-state index in [-0.39, 0.29) is 5.91 Å². The van der Waals surface area contributed by atoms with Gasteiger partial charge >= 0.3 is 0 Å². The Hall–Kier alpha value is -3.79. The van der Waals surface area contributed by atoms with E-state index < -0.39 is 0 Å². The first kappa shape index (κ1) is 23.9. The van der Waals surface area contributed by atoms with E-state index in [4.69, 9.17) is 4.74 Å². The van der Waals surface area contributed by atoms with Gasteiger partial charge in [0, 0.05) is 23.5 Å². The number of hydrogen-bond acceptors (Lipinski definition) is 2. The molecule has 5 rings (SSSR count). The maximum absolute atomic E-state index is 12.8. The van der Waals surface area contributed by atoms with Gasteiger partial charge in [0.1, 0.15) is 5.75 Å². The molecular formula is C32H34N2O2.